The molecule has 2 rings (SSSR count). The minimum atomic E-state index is 0.0260. The van der Waals surface area contributed by atoms with Crippen LogP contribution in [0.2, 0.25) is 0 Å². The highest BCUT2D eigenvalue weighted by Crippen LogP contribution is 2.23. The van der Waals surface area contributed by atoms with Crippen molar-refractivity contribution in [3.8, 4) is 0 Å². The minimum Gasteiger partial charge on any atom is -0.375 e. The summed E-state index contributed by atoms with van der Waals surface area (Å²) in [4.78, 5) is 11.9. The van der Waals surface area contributed by atoms with E-state index in [1.54, 1.807) is 0 Å². The average Bonchev–Trinajstić information content (AvgIpc) is 2.66. The van der Waals surface area contributed by atoms with Crippen LogP contribution in [0.4, 0.5) is 0 Å². The molecule has 0 spiro atoms. The Kier molecular flexibility index (Phi) is 3.91. The Morgan fingerprint density at radius 1 is 1.67 bits per heavy atom. The normalized spacial score (nSPS) is 21.5. The fourth-order valence-corrected chi connectivity index (χ4v) is 3.07. The maximum atomic E-state index is 11.9. The van der Waals surface area contributed by atoms with Gasteiger partial charge >= 0.3 is 0 Å². The molecule has 1 aromatic rings. The number of thiophene rings is 1. The van der Waals surface area contributed by atoms with Crippen molar-refractivity contribution in [1.29, 1.82) is 0 Å². The van der Waals surface area contributed by atoms with E-state index in [1.807, 2.05) is 10.8 Å². The van der Waals surface area contributed by atoms with Crippen molar-refractivity contribution >= 4 is 33.0 Å². The van der Waals surface area contributed by atoms with Crippen LogP contribution in [-0.2, 0) is 4.74 Å². The second kappa shape index (κ2) is 5.21. The van der Waals surface area contributed by atoms with Gasteiger partial charge in [-0.1, -0.05) is 0 Å². The zero-order valence-electron chi connectivity index (χ0n) is 8.16. The van der Waals surface area contributed by atoms with E-state index >= 15 is 0 Å². The summed E-state index contributed by atoms with van der Waals surface area (Å²) in [5.41, 5.74) is 0.772. The number of nitrogens with one attached hydrogen (secondary N) is 1. The third-order valence-electron chi connectivity index (χ3n) is 2.33. The Morgan fingerprint density at radius 2 is 2.53 bits per heavy atom. The van der Waals surface area contributed by atoms with Crippen LogP contribution in [0.25, 0.3) is 0 Å². The molecule has 1 aliphatic rings. The first kappa shape index (κ1) is 11.3. The Labute approximate surface area is 101 Å². The molecule has 0 amide bonds. The van der Waals surface area contributed by atoms with Gasteiger partial charge in [-0.3, -0.25) is 4.79 Å². The Morgan fingerprint density at radius 3 is 3.13 bits per heavy atom. The average molecular weight is 290 g/mol. The summed E-state index contributed by atoms with van der Waals surface area (Å²) >= 11 is 4.90. The summed E-state index contributed by atoms with van der Waals surface area (Å²) < 4.78 is 6.38. The SMILES string of the molecule is O=C(CC1CNCCO1)c1cscc1Br. The molecule has 15 heavy (non-hydrogen) atoms. The quantitative estimate of drug-likeness (QED) is 0.866. The van der Waals surface area contributed by atoms with Crippen LogP contribution in [0.3, 0.4) is 0 Å². The van der Waals surface area contributed by atoms with E-state index in [0.717, 1.165) is 23.1 Å². The van der Waals surface area contributed by atoms with Crippen molar-refractivity contribution in [3.63, 3.8) is 0 Å². The van der Waals surface area contributed by atoms with Gasteiger partial charge in [0.05, 0.1) is 12.7 Å². The van der Waals surface area contributed by atoms with E-state index < -0.39 is 0 Å². The van der Waals surface area contributed by atoms with E-state index in [1.165, 1.54) is 11.3 Å². The molecule has 5 heteroatoms. The molecule has 0 bridgehead atoms. The van der Waals surface area contributed by atoms with E-state index in [0.29, 0.717) is 13.0 Å². The zero-order chi connectivity index (χ0) is 10.7. The van der Waals surface area contributed by atoms with Crippen molar-refractivity contribution < 1.29 is 9.53 Å². The molecule has 3 nitrogen and oxygen atoms in total. The summed E-state index contributed by atoms with van der Waals surface area (Å²) in [6.45, 7) is 2.35. The number of Topliss-reactive ketones (excluding diaryl/α,β-unsaturated/α-hetero) is 1. The molecule has 0 aliphatic carbocycles. The van der Waals surface area contributed by atoms with Gasteiger partial charge in [0.25, 0.3) is 0 Å². The summed E-state index contributed by atoms with van der Waals surface area (Å²) in [7, 11) is 0. The third-order valence-corrected chi connectivity index (χ3v) is 4.04. The molecule has 82 valence electrons. The number of morpholine rings is 1. The highest BCUT2D eigenvalue weighted by Gasteiger charge is 2.19. The second-order valence-electron chi connectivity index (χ2n) is 3.46. The van der Waals surface area contributed by atoms with Crippen molar-refractivity contribution in [2.75, 3.05) is 19.7 Å². The smallest absolute Gasteiger partial charge is 0.167 e. The van der Waals surface area contributed by atoms with Gasteiger partial charge in [-0.2, -0.15) is 11.3 Å². The molecule has 1 saturated heterocycles. The van der Waals surface area contributed by atoms with Crippen LogP contribution in [-0.4, -0.2) is 31.6 Å². The number of carbonyl (C=O) groups is 1. The van der Waals surface area contributed by atoms with Crippen molar-refractivity contribution in [2.45, 2.75) is 12.5 Å². The molecule has 1 unspecified atom stereocenters. The number of ketones is 1. The molecule has 1 atom stereocenters. The summed E-state index contributed by atoms with van der Waals surface area (Å²) in [6, 6.07) is 0. The van der Waals surface area contributed by atoms with Crippen molar-refractivity contribution in [3.05, 3.63) is 20.8 Å². The third kappa shape index (κ3) is 2.87. The highest BCUT2D eigenvalue weighted by atomic mass is 79.9. The van der Waals surface area contributed by atoms with Gasteiger partial charge in [0.1, 0.15) is 0 Å². The number of ether oxygens (including phenoxy) is 1. The van der Waals surface area contributed by atoms with Gasteiger partial charge in [0.15, 0.2) is 5.78 Å². The highest BCUT2D eigenvalue weighted by molar-refractivity contribution is 9.10. The fourth-order valence-electron chi connectivity index (χ4n) is 1.55. The first-order valence-electron chi connectivity index (χ1n) is 4.84. The lowest BCUT2D eigenvalue weighted by Gasteiger charge is -2.22. The predicted molar refractivity (Wildman–Crippen MR) is 63.6 cm³/mol. The van der Waals surface area contributed by atoms with E-state index in [4.69, 9.17) is 4.74 Å². The van der Waals surface area contributed by atoms with Gasteiger partial charge in [-0.15, -0.1) is 0 Å². The Balaban J connectivity index is 1.94. The molecular weight excluding hydrogens is 278 g/mol. The van der Waals surface area contributed by atoms with Crippen LogP contribution in [0.1, 0.15) is 16.8 Å². The maximum Gasteiger partial charge on any atom is 0.167 e. The number of carbonyl (C=O) groups excluding carboxylic acids is 1. The monoisotopic (exact) mass is 289 g/mol. The topological polar surface area (TPSA) is 38.3 Å². The standard InChI is InChI=1S/C10H12BrNO2S/c11-9-6-15-5-8(9)10(13)3-7-4-12-1-2-14-7/h5-7,12H,1-4H2. The second-order valence-corrected chi connectivity index (χ2v) is 5.06. The molecular formula is C10H12BrNO2S. The van der Waals surface area contributed by atoms with E-state index in [9.17, 15) is 4.79 Å². The number of halogens is 1. The molecule has 0 radical (unpaired) electrons. The lowest BCUT2D eigenvalue weighted by atomic mass is 10.1. The molecule has 1 fully saturated rings. The van der Waals surface area contributed by atoms with Crippen LogP contribution in [0.15, 0.2) is 15.2 Å². The summed E-state index contributed by atoms with van der Waals surface area (Å²) in [5.74, 6) is 0.150. The zero-order valence-corrected chi connectivity index (χ0v) is 10.6. The molecule has 1 N–H and O–H groups in total. The first-order valence-corrected chi connectivity index (χ1v) is 6.58. The van der Waals surface area contributed by atoms with Crippen LogP contribution >= 0.6 is 27.3 Å². The Bertz CT molecular complexity index is 347. The molecule has 2 heterocycles. The van der Waals surface area contributed by atoms with Gasteiger partial charge in [-0.05, 0) is 15.9 Å². The van der Waals surface area contributed by atoms with Crippen molar-refractivity contribution in [2.24, 2.45) is 0 Å². The largest absolute Gasteiger partial charge is 0.375 e. The number of rotatable bonds is 3. The van der Waals surface area contributed by atoms with Gasteiger partial charge in [0.2, 0.25) is 0 Å². The van der Waals surface area contributed by atoms with Gasteiger partial charge < -0.3 is 10.1 Å². The summed E-state index contributed by atoms with van der Waals surface area (Å²) in [6.07, 6.45) is 0.487. The molecule has 0 saturated carbocycles. The Hall–Kier alpha value is -0.230. The van der Waals surface area contributed by atoms with E-state index in [-0.39, 0.29) is 11.9 Å². The number of hydrogen-bond acceptors (Lipinski definition) is 4. The van der Waals surface area contributed by atoms with Crippen LogP contribution < -0.4 is 5.32 Å². The fraction of sp³-hybridized carbons (Fsp3) is 0.500. The predicted octanol–water partition coefficient (Wildman–Crippen LogP) is 2.07. The lowest BCUT2D eigenvalue weighted by Crippen LogP contribution is -2.39. The minimum absolute atomic E-state index is 0.0260. The molecule has 1 aliphatic heterocycles. The lowest BCUT2D eigenvalue weighted by molar-refractivity contribution is 0.0240. The first-order chi connectivity index (χ1) is 7.27. The number of hydrogen-bond donors (Lipinski definition) is 1. The summed E-state index contributed by atoms with van der Waals surface area (Å²) in [5, 5.41) is 7.02. The van der Waals surface area contributed by atoms with E-state index in [2.05, 4.69) is 21.2 Å². The maximum absolute atomic E-state index is 11.9. The van der Waals surface area contributed by atoms with Gasteiger partial charge in [0, 0.05) is 40.3 Å². The van der Waals surface area contributed by atoms with Crippen LogP contribution in [0.5, 0.6) is 0 Å². The van der Waals surface area contributed by atoms with Crippen LogP contribution in [0, 0.1) is 0 Å². The molecule has 0 aromatic carbocycles. The van der Waals surface area contributed by atoms with Gasteiger partial charge in [-0.25, -0.2) is 0 Å². The van der Waals surface area contributed by atoms with Crippen molar-refractivity contribution in [1.82, 2.24) is 5.32 Å². The molecule has 1 aromatic heterocycles.